The molecule has 0 aromatic carbocycles. The Bertz CT molecular complexity index is 284. The number of carbonyl (C=O) groups is 2. The van der Waals surface area contributed by atoms with Gasteiger partial charge in [-0.1, -0.05) is 0 Å². The van der Waals surface area contributed by atoms with Gasteiger partial charge in [-0.2, -0.15) is 0 Å². The Hall–Kier alpha value is -0.730. The van der Waals surface area contributed by atoms with Crippen LogP contribution in [0.3, 0.4) is 0 Å². The van der Waals surface area contributed by atoms with Crippen molar-refractivity contribution in [3.63, 3.8) is 0 Å². The number of esters is 1. The molecule has 8 heteroatoms. The number of carbonyl (C=O) groups excluding carboxylic acids is 2. The van der Waals surface area contributed by atoms with Crippen molar-refractivity contribution < 1.29 is 34.8 Å². The molecule has 2 unspecified atom stereocenters. The van der Waals surface area contributed by atoms with E-state index in [1.807, 2.05) is 0 Å². The minimum absolute atomic E-state index is 0.564. The number of halogens is 1. The number of ether oxygens (including phenoxy) is 1. The van der Waals surface area contributed by atoms with Gasteiger partial charge in [-0.3, -0.25) is 9.59 Å². The van der Waals surface area contributed by atoms with Crippen molar-refractivity contribution in [2.45, 2.75) is 25.0 Å². The third-order valence-electron chi connectivity index (χ3n) is 2.84. The number of aliphatic hydroxyl groups excluding tert-OH is 4. The fourth-order valence-corrected chi connectivity index (χ4v) is 1.97. The number of methoxy groups -OCH3 is 1. The fourth-order valence-electron chi connectivity index (χ4n) is 1.72. The zero-order valence-electron chi connectivity index (χ0n) is 9.87. The molecule has 2 atom stereocenters. The molecule has 0 heterocycles. The predicted octanol–water partition coefficient (Wildman–Crippen LogP) is -1.60. The molecule has 0 spiro atoms. The van der Waals surface area contributed by atoms with Crippen LogP contribution in [0.2, 0.25) is 0 Å². The minimum atomic E-state index is -1.78. The van der Waals surface area contributed by atoms with Crippen molar-refractivity contribution in [2.24, 2.45) is 5.41 Å². The molecule has 7 nitrogen and oxygen atoms in total. The van der Waals surface area contributed by atoms with Gasteiger partial charge in [0.25, 0.3) is 0 Å². The van der Waals surface area contributed by atoms with E-state index in [0.717, 1.165) is 7.11 Å². The number of hydrogen-bond donors (Lipinski definition) is 4. The Morgan fingerprint density at radius 3 is 1.89 bits per heavy atom. The summed E-state index contributed by atoms with van der Waals surface area (Å²) >= 11 is 5.21. The van der Waals surface area contributed by atoms with Crippen molar-refractivity contribution >= 4 is 22.8 Å². The van der Waals surface area contributed by atoms with E-state index in [-0.39, 0.29) is 0 Å². The second kappa shape index (κ2) is 7.65. The summed E-state index contributed by atoms with van der Waals surface area (Å²) in [5, 5.41) is 36.5. The number of aliphatic hydroxyl groups is 4. The summed E-state index contributed by atoms with van der Waals surface area (Å²) in [5.74, 6) is -0.812. The molecule has 0 saturated heterocycles. The molecule has 18 heavy (non-hydrogen) atoms. The van der Waals surface area contributed by atoms with E-state index in [1.165, 1.54) is 0 Å². The van der Waals surface area contributed by atoms with Gasteiger partial charge in [0, 0.05) is 11.8 Å². The third-order valence-corrected chi connectivity index (χ3v) is 2.98. The van der Waals surface area contributed by atoms with E-state index in [9.17, 15) is 19.8 Å². The highest BCUT2D eigenvalue weighted by molar-refractivity contribution is 6.63. The molecule has 0 aliphatic rings. The standard InChI is InChI=1S/C10H17ClO7/c1-18-9(17)3-10(2-8(11)16,6(14)4-12)7(15)5-13/h6-7,12-15H,2-5H2,1H3. The van der Waals surface area contributed by atoms with Crippen LogP contribution >= 0.6 is 11.6 Å². The van der Waals surface area contributed by atoms with Crippen LogP contribution in [0.4, 0.5) is 0 Å². The zero-order chi connectivity index (χ0) is 14.3. The molecule has 4 N–H and O–H groups in total. The van der Waals surface area contributed by atoms with Crippen molar-refractivity contribution in [1.82, 2.24) is 0 Å². The summed E-state index contributed by atoms with van der Waals surface area (Å²) in [7, 11) is 1.09. The molecule has 0 rings (SSSR count). The molecule has 0 amide bonds. The first-order valence-electron chi connectivity index (χ1n) is 5.17. The van der Waals surface area contributed by atoms with E-state index in [4.69, 9.17) is 21.8 Å². The summed E-state index contributed by atoms with van der Waals surface area (Å²) < 4.78 is 4.40. The van der Waals surface area contributed by atoms with Gasteiger partial charge in [-0.05, 0) is 11.6 Å². The highest BCUT2D eigenvalue weighted by Gasteiger charge is 2.47. The molecule has 0 saturated carbocycles. The van der Waals surface area contributed by atoms with Crippen molar-refractivity contribution in [3.8, 4) is 0 Å². The SMILES string of the molecule is COC(=O)CC(CC(=O)Cl)(C(O)CO)C(O)CO. The van der Waals surface area contributed by atoms with Gasteiger partial charge < -0.3 is 25.2 Å². The topological polar surface area (TPSA) is 124 Å². The normalized spacial score (nSPS) is 17.7. The van der Waals surface area contributed by atoms with Gasteiger partial charge in [0.2, 0.25) is 5.24 Å². The maximum absolute atomic E-state index is 11.3. The van der Waals surface area contributed by atoms with Gasteiger partial charge in [0.15, 0.2) is 0 Å². The van der Waals surface area contributed by atoms with Gasteiger partial charge in [0.1, 0.15) is 0 Å². The average Bonchev–Trinajstić information content (AvgIpc) is 2.34. The van der Waals surface area contributed by atoms with E-state index in [1.54, 1.807) is 0 Å². The Morgan fingerprint density at radius 1 is 1.17 bits per heavy atom. The van der Waals surface area contributed by atoms with Gasteiger partial charge in [0.05, 0.1) is 39.0 Å². The van der Waals surface area contributed by atoms with Gasteiger partial charge in [-0.15, -0.1) is 0 Å². The van der Waals surface area contributed by atoms with E-state index < -0.39 is 54.9 Å². The van der Waals surface area contributed by atoms with Crippen molar-refractivity contribution in [3.05, 3.63) is 0 Å². The highest BCUT2D eigenvalue weighted by atomic mass is 35.5. The van der Waals surface area contributed by atoms with Crippen LogP contribution in [0, 0.1) is 5.41 Å². The van der Waals surface area contributed by atoms with Crippen molar-refractivity contribution in [2.75, 3.05) is 20.3 Å². The monoisotopic (exact) mass is 284 g/mol. The maximum Gasteiger partial charge on any atom is 0.306 e. The van der Waals surface area contributed by atoms with Crippen LogP contribution in [0.25, 0.3) is 0 Å². The smallest absolute Gasteiger partial charge is 0.306 e. The first-order valence-corrected chi connectivity index (χ1v) is 5.54. The molecule has 0 fully saturated rings. The predicted molar refractivity (Wildman–Crippen MR) is 60.7 cm³/mol. The maximum atomic E-state index is 11.3. The lowest BCUT2D eigenvalue weighted by Crippen LogP contribution is -2.51. The minimum Gasteiger partial charge on any atom is -0.469 e. The highest BCUT2D eigenvalue weighted by Crippen LogP contribution is 2.36. The average molecular weight is 285 g/mol. The van der Waals surface area contributed by atoms with E-state index in [0.29, 0.717) is 0 Å². The molecule has 0 radical (unpaired) electrons. The van der Waals surface area contributed by atoms with E-state index in [2.05, 4.69) is 4.74 Å². The molecule has 0 aliphatic carbocycles. The largest absolute Gasteiger partial charge is 0.469 e. The van der Waals surface area contributed by atoms with E-state index >= 15 is 0 Å². The lowest BCUT2D eigenvalue weighted by atomic mass is 9.72. The summed E-state index contributed by atoms with van der Waals surface area (Å²) in [4.78, 5) is 22.3. The lowest BCUT2D eigenvalue weighted by Gasteiger charge is -2.38. The first kappa shape index (κ1) is 17.3. The molecule has 106 valence electrons. The van der Waals surface area contributed by atoms with Crippen LogP contribution in [-0.4, -0.2) is 64.2 Å². The second-order valence-corrected chi connectivity index (χ2v) is 4.34. The molecule has 0 aromatic rings. The summed E-state index contributed by atoms with van der Waals surface area (Å²) in [6.45, 7) is -1.61. The lowest BCUT2D eigenvalue weighted by molar-refractivity contribution is -0.158. The van der Waals surface area contributed by atoms with Crippen molar-refractivity contribution in [1.29, 1.82) is 0 Å². The van der Waals surface area contributed by atoms with Crippen LogP contribution in [0.15, 0.2) is 0 Å². The Morgan fingerprint density at radius 2 is 1.61 bits per heavy atom. The van der Waals surface area contributed by atoms with Gasteiger partial charge in [-0.25, -0.2) is 0 Å². The Labute approximate surface area is 109 Å². The summed E-state index contributed by atoms with van der Waals surface area (Å²) in [5.41, 5.74) is -1.78. The van der Waals surface area contributed by atoms with Crippen LogP contribution in [0.5, 0.6) is 0 Å². The van der Waals surface area contributed by atoms with Crippen LogP contribution < -0.4 is 0 Å². The van der Waals surface area contributed by atoms with Crippen LogP contribution in [0.1, 0.15) is 12.8 Å². The van der Waals surface area contributed by atoms with Gasteiger partial charge >= 0.3 is 5.97 Å². The quantitative estimate of drug-likeness (QED) is 0.312. The first-order chi connectivity index (χ1) is 8.33. The molecule has 0 aromatic heterocycles. The molecular formula is C10H17ClO7. The Balaban J connectivity index is 5.37. The fraction of sp³-hybridized carbons (Fsp3) is 0.800. The number of rotatable bonds is 8. The number of hydrogen-bond acceptors (Lipinski definition) is 7. The molecule has 0 bridgehead atoms. The third kappa shape index (κ3) is 4.18. The zero-order valence-corrected chi connectivity index (χ0v) is 10.6. The molecule has 0 aliphatic heterocycles. The molecular weight excluding hydrogens is 268 g/mol. The summed E-state index contributed by atoms with van der Waals surface area (Å²) in [6.07, 6.45) is -4.37. The summed E-state index contributed by atoms with van der Waals surface area (Å²) in [6, 6.07) is 0. The van der Waals surface area contributed by atoms with Crippen LogP contribution in [-0.2, 0) is 14.3 Å². The Kier molecular flexibility index (Phi) is 7.34. The second-order valence-electron chi connectivity index (χ2n) is 3.91.